The molecule has 0 aliphatic carbocycles. The number of amides is 4. The zero-order valence-electron chi connectivity index (χ0n) is 23.1. The third kappa shape index (κ3) is 15.5. The van der Waals surface area contributed by atoms with Crippen LogP contribution in [0.5, 0.6) is 0 Å². The molecule has 1 aliphatic heterocycles. The minimum absolute atomic E-state index is 0.111. The summed E-state index contributed by atoms with van der Waals surface area (Å²) >= 11 is 0. The number of unbranched alkanes of at least 4 members (excludes halogenated alkanes) is 1. The summed E-state index contributed by atoms with van der Waals surface area (Å²) in [6.45, 7) is 5.30. The lowest BCUT2D eigenvalue weighted by molar-refractivity contribution is -0.134. The molecule has 1 aliphatic rings. The summed E-state index contributed by atoms with van der Waals surface area (Å²) in [5, 5.41) is 30.7. The lowest BCUT2D eigenvalue weighted by atomic mass is 10.0. The third-order valence-electron chi connectivity index (χ3n) is 5.72. The Hall–Kier alpha value is -3.50. The molecule has 0 spiro atoms. The van der Waals surface area contributed by atoms with Crippen LogP contribution in [0.1, 0.15) is 59.3 Å². The average molecular weight is 545 g/mol. The molecule has 0 saturated heterocycles. The molecule has 10 heteroatoms. The summed E-state index contributed by atoms with van der Waals surface area (Å²) < 4.78 is 0. The van der Waals surface area contributed by atoms with Crippen molar-refractivity contribution in [2.24, 2.45) is 0 Å². The van der Waals surface area contributed by atoms with Gasteiger partial charge in [-0.1, -0.05) is 55.5 Å². The van der Waals surface area contributed by atoms with Gasteiger partial charge in [-0.3, -0.25) is 19.2 Å². The van der Waals surface area contributed by atoms with Crippen molar-refractivity contribution in [1.82, 2.24) is 21.3 Å². The first kappa shape index (κ1) is 33.5. The van der Waals surface area contributed by atoms with Crippen molar-refractivity contribution in [1.29, 1.82) is 0 Å². The van der Waals surface area contributed by atoms with Crippen LogP contribution in [0.3, 0.4) is 0 Å². The SMILES string of the molecule is CC/C=C\C/C=C\CC/C=C/C=C/C(=O)NC(C(=O)N[C@H]1C[C@H](O)CCNC(=O)/C=C/[C@H](C)NC1=O)C(C)O. The zero-order valence-corrected chi connectivity index (χ0v) is 23.1. The van der Waals surface area contributed by atoms with E-state index in [9.17, 15) is 29.4 Å². The van der Waals surface area contributed by atoms with Gasteiger partial charge in [0.15, 0.2) is 0 Å². The second kappa shape index (κ2) is 19.6. The molecule has 0 bridgehead atoms. The van der Waals surface area contributed by atoms with Crippen molar-refractivity contribution in [2.45, 2.75) is 89.6 Å². The van der Waals surface area contributed by atoms with Crippen LogP contribution in [-0.4, -0.2) is 70.7 Å². The highest BCUT2D eigenvalue weighted by atomic mass is 16.3. The molecule has 2 unspecified atom stereocenters. The predicted molar refractivity (Wildman–Crippen MR) is 151 cm³/mol. The first-order valence-corrected chi connectivity index (χ1v) is 13.5. The first-order valence-electron chi connectivity index (χ1n) is 13.5. The van der Waals surface area contributed by atoms with Gasteiger partial charge in [-0.2, -0.15) is 0 Å². The fourth-order valence-corrected chi connectivity index (χ4v) is 3.58. The second-order valence-electron chi connectivity index (χ2n) is 9.37. The van der Waals surface area contributed by atoms with E-state index in [0.29, 0.717) is 0 Å². The van der Waals surface area contributed by atoms with Crippen molar-refractivity contribution < 1.29 is 29.4 Å². The quantitative estimate of drug-likeness (QED) is 0.0946. The molecule has 216 valence electrons. The van der Waals surface area contributed by atoms with Crippen LogP contribution in [0, 0.1) is 0 Å². The largest absolute Gasteiger partial charge is 0.393 e. The van der Waals surface area contributed by atoms with E-state index in [0.717, 1.165) is 25.7 Å². The van der Waals surface area contributed by atoms with Crippen LogP contribution >= 0.6 is 0 Å². The maximum absolute atomic E-state index is 12.9. The molecule has 0 fully saturated rings. The Labute approximate surface area is 231 Å². The van der Waals surface area contributed by atoms with Crippen LogP contribution in [0.15, 0.2) is 60.8 Å². The molecular formula is C29H44N4O6. The standard InChI is InChI=1S/C29H44N4O6/c1-4-5-6-7-8-9-10-11-12-13-14-15-26(37)33-27(22(3)34)29(39)32-24-20-23(35)18-19-30-25(36)17-16-21(2)31-28(24)38/h5-6,8-9,12-17,21-24,27,34-35H,4,7,10-11,18-20H2,1-3H3,(H,30,36)(H,31,38)(H,32,39)(H,33,37)/b6-5-,9-8-,13-12+,15-14+,17-16+/t21-,22?,23+,24-,27?/m0/s1. The van der Waals surface area contributed by atoms with Gasteiger partial charge in [-0.25, -0.2) is 0 Å². The number of hydrogen-bond acceptors (Lipinski definition) is 6. The molecule has 0 saturated carbocycles. The van der Waals surface area contributed by atoms with Crippen molar-refractivity contribution in [3.63, 3.8) is 0 Å². The highest BCUT2D eigenvalue weighted by Crippen LogP contribution is 2.06. The maximum atomic E-state index is 12.9. The molecule has 1 rings (SSSR count). The van der Waals surface area contributed by atoms with E-state index in [1.807, 2.05) is 6.08 Å². The number of aliphatic hydroxyl groups is 2. The molecule has 5 atom stereocenters. The summed E-state index contributed by atoms with van der Waals surface area (Å²) in [5.41, 5.74) is 0. The smallest absolute Gasteiger partial charge is 0.245 e. The molecule has 0 aromatic rings. The van der Waals surface area contributed by atoms with Gasteiger partial charge in [0.05, 0.1) is 12.2 Å². The number of aliphatic hydroxyl groups excluding tert-OH is 2. The highest BCUT2D eigenvalue weighted by molar-refractivity contribution is 5.95. The Morgan fingerprint density at radius 3 is 2.56 bits per heavy atom. The highest BCUT2D eigenvalue weighted by Gasteiger charge is 2.31. The average Bonchev–Trinajstić information content (AvgIpc) is 2.88. The van der Waals surface area contributed by atoms with Crippen LogP contribution in [0.25, 0.3) is 0 Å². The normalized spacial score (nSPS) is 23.7. The van der Waals surface area contributed by atoms with Gasteiger partial charge in [-0.15, -0.1) is 0 Å². The molecule has 4 amide bonds. The lowest BCUT2D eigenvalue weighted by Gasteiger charge is -2.26. The van der Waals surface area contributed by atoms with E-state index in [1.54, 1.807) is 19.1 Å². The summed E-state index contributed by atoms with van der Waals surface area (Å²) in [6, 6.07) is -2.95. The summed E-state index contributed by atoms with van der Waals surface area (Å²) in [5.74, 6) is -2.25. The monoisotopic (exact) mass is 544 g/mol. The molecule has 0 radical (unpaired) electrons. The van der Waals surface area contributed by atoms with Gasteiger partial charge in [-0.05, 0) is 46.0 Å². The lowest BCUT2D eigenvalue weighted by Crippen LogP contribution is -2.58. The zero-order chi connectivity index (χ0) is 29.0. The van der Waals surface area contributed by atoms with E-state index in [-0.39, 0.29) is 25.3 Å². The topological polar surface area (TPSA) is 157 Å². The summed E-state index contributed by atoms with van der Waals surface area (Å²) in [4.78, 5) is 49.8. The summed E-state index contributed by atoms with van der Waals surface area (Å²) in [7, 11) is 0. The molecule has 39 heavy (non-hydrogen) atoms. The van der Waals surface area contributed by atoms with Crippen molar-refractivity contribution in [2.75, 3.05) is 6.54 Å². The fourth-order valence-electron chi connectivity index (χ4n) is 3.58. The van der Waals surface area contributed by atoms with Gasteiger partial charge < -0.3 is 31.5 Å². The molecule has 0 aromatic carbocycles. The minimum atomic E-state index is -1.32. The molecule has 6 N–H and O–H groups in total. The van der Waals surface area contributed by atoms with E-state index in [4.69, 9.17) is 0 Å². The van der Waals surface area contributed by atoms with Gasteiger partial charge in [0.2, 0.25) is 23.6 Å². The molecule has 10 nitrogen and oxygen atoms in total. The van der Waals surface area contributed by atoms with E-state index < -0.39 is 48.1 Å². The predicted octanol–water partition coefficient (Wildman–Crippen LogP) is 1.47. The Kier molecular flexibility index (Phi) is 16.8. The van der Waals surface area contributed by atoms with Crippen molar-refractivity contribution in [3.05, 3.63) is 60.8 Å². The number of hydrogen-bond donors (Lipinski definition) is 6. The third-order valence-corrected chi connectivity index (χ3v) is 5.72. The second-order valence-corrected chi connectivity index (χ2v) is 9.37. The van der Waals surface area contributed by atoms with Crippen LogP contribution in [0.4, 0.5) is 0 Å². The van der Waals surface area contributed by atoms with Crippen LogP contribution < -0.4 is 21.3 Å². The Morgan fingerprint density at radius 2 is 1.85 bits per heavy atom. The molecule has 0 aromatic heterocycles. The Morgan fingerprint density at radius 1 is 1.13 bits per heavy atom. The molecular weight excluding hydrogens is 500 g/mol. The van der Waals surface area contributed by atoms with E-state index in [2.05, 4.69) is 52.5 Å². The van der Waals surface area contributed by atoms with E-state index in [1.165, 1.54) is 25.2 Å². The van der Waals surface area contributed by atoms with Gasteiger partial charge >= 0.3 is 0 Å². The summed E-state index contributed by atoms with van der Waals surface area (Å²) in [6.07, 6.45) is 19.2. The van der Waals surface area contributed by atoms with Crippen LogP contribution in [-0.2, 0) is 19.2 Å². The van der Waals surface area contributed by atoms with Crippen LogP contribution in [0.2, 0.25) is 0 Å². The first-order chi connectivity index (χ1) is 18.6. The number of carbonyl (C=O) groups excluding carboxylic acids is 4. The maximum Gasteiger partial charge on any atom is 0.245 e. The van der Waals surface area contributed by atoms with E-state index >= 15 is 0 Å². The van der Waals surface area contributed by atoms with Crippen molar-refractivity contribution >= 4 is 23.6 Å². The van der Waals surface area contributed by atoms with Gasteiger partial charge in [0, 0.05) is 31.2 Å². The number of carbonyl (C=O) groups is 4. The Balaban J connectivity index is 2.70. The van der Waals surface area contributed by atoms with Gasteiger partial charge in [0.1, 0.15) is 12.1 Å². The number of nitrogens with one attached hydrogen (secondary N) is 4. The fraction of sp³-hybridized carbons (Fsp3) is 0.517. The minimum Gasteiger partial charge on any atom is -0.393 e. The number of allylic oxidation sites excluding steroid dienone is 7. The molecule has 1 heterocycles. The van der Waals surface area contributed by atoms with Crippen molar-refractivity contribution in [3.8, 4) is 0 Å². The Bertz CT molecular complexity index is 938. The number of rotatable bonds is 12. The van der Waals surface area contributed by atoms with Gasteiger partial charge in [0.25, 0.3) is 0 Å².